The molecule has 0 saturated heterocycles. The average Bonchev–Trinajstić information content (AvgIpc) is 2.34. The molecule has 3 nitrogen and oxygen atoms in total. The molecule has 0 aliphatic carbocycles. The second-order valence-corrected chi connectivity index (χ2v) is 5.62. The Hall–Kier alpha value is -0.980. The van der Waals surface area contributed by atoms with Crippen LogP contribution >= 0.6 is 44.1 Å². The quantitative estimate of drug-likeness (QED) is 0.749. The minimum atomic E-state index is 0.519. The van der Waals surface area contributed by atoms with Crippen molar-refractivity contribution in [2.75, 3.05) is 10.6 Å². The molecule has 0 fully saturated rings. The second kappa shape index (κ2) is 6.26. The molecule has 0 aliphatic heterocycles. The SMILES string of the molecule is S=C(Nc1cccnc1)Nc1ccc(Br)cc1Br. The van der Waals surface area contributed by atoms with Gasteiger partial charge < -0.3 is 10.6 Å². The van der Waals surface area contributed by atoms with Crippen LogP contribution in [0.2, 0.25) is 0 Å². The molecule has 1 heterocycles. The zero-order valence-electron chi connectivity index (χ0n) is 9.15. The number of thiocarbonyl (C=S) groups is 1. The molecule has 0 amide bonds. The monoisotopic (exact) mass is 385 g/mol. The first kappa shape index (κ1) is 13.5. The van der Waals surface area contributed by atoms with Crippen molar-refractivity contribution in [3.05, 3.63) is 51.7 Å². The van der Waals surface area contributed by atoms with Crippen molar-refractivity contribution in [1.82, 2.24) is 4.98 Å². The summed E-state index contributed by atoms with van der Waals surface area (Å²) in [6.45, 7) is 0. The molecule has 1 aromatic carbocycles. The Morgan fingerprint density at radius 2 is 2.00 bits per heavy atom. The number of benzene rings is 1. The highest BCUT2D eigenvalue weighted by molar-refractivity contribution is 9.11. The van der Waals surface area contributed by atoms with E-state index in [2.05, 4.69) is 47.5 Å². The lowest BCUT2D eigenvalue weighted by molar-refractivity contribution is 1.33. The van der Waals surface area contributed by atoms with Crippen LogP contribution in [0.15, 0.2) is 51.7 Å². The fourth-order valence-corrected chi connectivity index (χ4v) is 2.69. The van der Waals surface area contributed by atoms with Crippen LogP contribution in [-0.4, -0.2) is 10.1 Å². The minimum absolute atomic E-state index is 0.519. The fourth-order valence-electron chi connectivity index (χ4n) is 1.31. The molecule has 0 radical (unpaired) electrons. The molecule has 0 spiro atoms. The van der Waals surface area contributed by atoms with Crippen molar-refractivity contribution in [2.24, 2.45) is 0 Å². The third-order valence-electron chi connectivity index (χ3n) is 2.10. The summed E-state index contributed by atoms with van der Waals surface area (Å²) >= 11 is 12.1. The van der Waals surface area contributed by atoms with Crippen LogP contribution in [0.4, 0.5) is 11.4 Å². The summed E-state index contributed by atoms with van der Waals surface area (Å²) in [7, 11) is 0. The van der Waals surface area contributed by atoms with Crippen LogP contribution in [0, 0.1) is 0 Å². The summed E-state index contributed by atoms with van der Waals surface area (Å²) in [4.78, 5) is 4.01. The first-order valence-corrected chi connectivity index (χ1v) is 7.07. The Morgan fingerprint density at radius 1 is 1.17 bits per heavy atom. The van der Waals surface area contributed by atoms with Gasteiger partial charge in [-0.3, -0.25) is 4.98 Å². The Balaban J connectivity index is 2.03. The van der Waals surface area contributed by atoms with Gasteiger partial charge in [-0.15, -0.1) is 0 Å². The van der Waals surface area contributed by atoms with E-state index in [9.17, 15) is 0 Å². The van der Waals surface area contributed by atoms with E-state index in [1.807, 2.05) is 30.3 Å². The molecule has 2 N–H and O–H groups in total. The Kier molecular flexibility index (Phi) is 4.68. The highest BCUT2D eigenvalue weighted by atomic mass is 79.9. The van der Waals surface area contributed by atoms with Gasteiger partial charge in [0.25, 0.3) is 0 Å². The fraction of sp³-hybridized carbons (Fsp3) is 0. The maximum atomic E-state index is 5.23. The number of aromatic nitrogens is 1. The number of rotatable bonds is 2. The summed E-state index contributed by atoms with van der Waals surface area (Å²) in [6.07, 6.45) is 3.43. The maximum absolute atomic E-state index is 5.23. The number of nitrogens with zero attached hydrogens (tertiary/aromatic N) is 1. The van der Waals surface area contributed by atoms with Gasteiger partial charge >= 0.3 is 0 Å². The summed E-state index contributed by atoms with van der Waals surface area (Å²) < 4.78 is 1.94. The first-order chi connectivity index (χ1) is 8.65. The lowest BCUT2D eigenvalue weighted by atomic mass is 10.3. The third kappa shape index (κ3) is 3.76. The van der Waals surface area contributed by atoms with Gasteiger partial charge in [-0.1, -0.05) is 15.9 Å². The highest BCUT2D eigenvalue weighted by Crippen LogP contribution is 2.26. The van der Waals surface area contributed by atoms with Crippen molar-refractivity contribution in [1.29, 1.82) is 0 Å². The first-order valence-electron chi connectivity index (χ1n) is 5.08. The molecule has 0 saturated carbocycles. The Labute approximate surface area is 127 Å². The standard InChI is InChI=1S/C12H9Br2N3S/c13-8-3-4-11(10(14)6-8)17-12(18)16-9-2-1-5-15-7-9/h1-7H,(H2,16,17,18). The zero-order chi connectivity index (χ0) is 13.0. The molecular weight excluding hydrogens is 378 g/mol. The van der Waals surface area contributed by atoms with E-state index in [4.69, 9.17) is 12.2 Å². The van der Waals surface area contributed by atoms with Gasteiger partial charge in [0, 0.05) is 15.1 Å². The van der Waals surface area contributed by atoms with E-state index in [0.29, 0.717) is 5.11 Å². The molecule has 2 rings (SSSR count). The lowest BCUT2D eigenvalue weighted by Gasteiger charge is -2.11. The molecule has 0 atom stereocenters. The Bertz CT molecular complexity index is 561. The molecular formula is C12H9Br2N3S. The predicted octanol–water partition coefficient (Wildman–Crippen LogP) is 4.42. The van der Waals surface area contributed by atoms with Gasteiger partial charge in [-0.25, -0.2) is 0 Å². The third-order valence-corrected chi connectivity index (χ3v) is 3.45. The van der Waals surface area contributed by atoms with Crippen LogP contribution in [-0.2, 0) is 0 Å². The van der Waals surface area contributed by atoms with Gasteiger partial charge in [-0.05, 0) is 58.5 Å². The van der Waals surface area contributed by atoms with Crippen molar-refractivity contribution in [3.8, 4) is 0 Å². The van der Waals surface area contributed by atoms with Crippen molar-refractivity contribution < 1.29 is 0 Å². The number of hydrogen-bond donors (Lipinski definition) is 2. The van der Waals surface area contributed by atoms with Crippen LogP contribution in [0.3, 0.4) is 0 Å². The molecule has 1 aromatic heterocycles. The number of pyridine rings is 1. The molecule has 0 aliphatic rings. The van der Waals surface area contributed by atoms with Gasteiger partial charge in [-0.2, -0.15) is 0 Å². The Morgan fingerprint density at radius 3 is 2.67 bits per heavy atom. The van der Waals surface area contributed by atoms with Crippen molar-refractivity contribution in [3.63, 3.8) is 0 Å². The normalized spacial score (nSPS) is 9.89. The summed E-state index contributed by atoms with van der Waals surface area (Å²) in [5.74, 6) is 0. The molecule has 0 unspecified atom stereocenters. The zero-order valence-corrected chi connectivity index (χ0v) is 13.1. The molecule has 6 heteroatoms. The van der Waals surface area contributed by atoms with E-state index in [1.165, 1.54) is 0 Å². The van der Waals surface area contributed by atoms with Crippen molar-refractivity contribution in [2.45, 2.75) is 0 Å². The van der Waals surface area contributed by atoms with Crippen LogP contribution in [0.5, 0.6) is 0 Å². The van der Waals surface area contributed by atoms with Gasteiger partial charge in [0.1, 0.15) is 0 Å². The number of anilines is 2. The van der Waals surface area contributed by atoms with E-state index < -0.39 is 0 Å². The van der Waals surface area contributed by atoms with E-state index in [0.717, 1.165) is 20.3 Å². The van der Waals surface area contributed by atoms with E-state index in [1.54, 1.807) is 12.4 Å². The molecule has 0 bridgehead atoms. The highest BCUT2D eigenvalue weighted by Gasteiger charge is 2.03. The minimum Gasteiger partial charge on any atom is -0.332 e. The summed E-state index contributed by atoms with van der Waals surface area (Å²) in [6, 6.07) is 9.58. The summed E-state index contributed by atoms with van der Waals surface area (Å²) in [5.41, 5.74) is 1.75. The maximum Gasteiger partial charge on any atom is 0.175 e. The number of halogens is 2. The van der Waals surface area contributed by atoms with Crippen LogP contribution in [0.1, 0.15) is 0 Å². The molecule has 2 aromatic rings. The summed E-state index contributed by atoms with van der Waals surface area (Å²) in [5, 5.41) is 6.69. The van der Waals surface area contributed by atoms with Gasteiger partial charge in [0.15, 0.2) is 5.11 Å². The van der Waals surface area contributed by atoms with Crippen LogP contribution in [0.25, 0.3) is 0 Å². The second-order valence-electron chi connectivity index (χ2n) is 3.44. The molecule has 18 heavy (non-hydrogen) atoms. The topological polar surface area (TPSA) is 37.0 Å². The lowest BCUT2D eigenvalue weighted by Crippen LogP contribution is -2.19. The van der Waals surface area contributed by atoms with Gasteiger partial charge in [0.2, 0.25) is 0 Å². The van der Waals surface area contributed by atoms with Crippen molar-refractivity contribution >= 4 is 60.6 Å². The molecule has 92 valence electrons. The largest absolute Gasteiger partial charge is 0.332 e. The van der Waals surface area contributed by atoms with E-state index in [-0.39, 0.29) is 0 Å². The van der Waals surface area contributed by atoms with Crippen LogP contribution < -0.4 is 10.6 Å². The number of hydrogen-bond acceptors (Lipinski definition) is 2. The predicted molar refractivity (Wildman–Crippen MR) is 85.9 cm³/mol. The van der Waals surface area contributed by atoms with E-state index >= 15 is 0 Å². The smallest absolute Gasteiger partial charge is 0.175 e. The number of nitrogens with one attached hydrogen (secondary N) is 2. The van der Waals surface area contributed by atoms with Gasteiger partial charge in [0.05, 0.1) is 17.6 Å². The average molecular weight is 387 g/mol.